The highest BCUT2D eigenvalue weighted by Gasteiger charge is 2.47. The zero-order valence-electron chi connectivity index (χ0n) is 17.1. The molecule has 4 rings (SSSR count). The van der Waals surface area contributed by atoms with Crippen molar-refractivity contribution in [2.75, 3.05) is 6.61 Å². The fourth-order valence-electron chi connectivity index (χ4n) is 3.58. The van der Waals surface area contributed by atoms with Crippen molar-refractivity contribution in [1.29, 1.82) is 0 Å². The van der Waals surface area contributed by atoms with Crippen LogP contribution in [0.15, 0.2) is 75.5 Å². The minimum absolute atomic E-state index is 0.0304. The second-order valence-electron chi connectivity index (χ2n) is 7.25. The second-order valence-corrected chi connectivity index (χ2v) is 7.25. The van der Waals surface area contributed by atoms with Gasteiger partial charge in [0, 0.05) is 5.56 Å². The van der Waals surface area contributed by atoms with E-state index >= 15 is 0 Å². The molecule has 160 valence electrons. The first-order valence-corrected chi connectivity index (χ1v) is 10.2. The molecule has 1 aliphatic heterocycles. The van der Waals surface area contributed by atoms with Gasteiger partial charge in [-0.2, -0.15) is 0 Å². The summed E-state index contributed by atoms with van der Waals surface area (Å²) in [6.45, 7) is 2.70. The first-order valence-electron chi connectivity index (χ1n) is 10.2. The van der Waals surface area contributed by atoms with Crippen LogP contribution >= 0.6 is 0 Å². The standard InChI is InChI=1S/C24H23NO6/c1-2-3-11-29-17-8-4-7-16(14-17)22(26)20-21(19-10-6-13-31-19)25(24(28)23(20)27)15-18-9-5-12-30-18/h4-10,12-14,21,26H,2-3,11,15H2,1H3/b22-20+. The third-order valence-electron chi connectivity index (χ3n) is 5.13. The molecule has 1 saturated heterocycles. The lowest BCUT2D eigenvalue weighted by molar-refractivity contribution is -0.140. The second kappa shape index (κ2) is 8.95. The molecule has 1 N–H and O–H groups in total. The molecule has 1 aromatic carbocycles. The predicted molar refractivity (Wildman–Crippen MR) is 112 cm³/mol. The lowest BCUT2D eigenvalue weighted by Crippen LogP contribution is -2.28. The summed E-state index contributed by atoms with van der Waals surface area (Å²) in [5.74, 6) is -0.301. The Kier molecular flexibility index (Phi) is 5.93. The van der Waals surface area contributed by atoms with Crippen LogP contribution in [-0.4, -0.2) is 28.3 Å². The number of benzene rings is 1. The van der Waals surface area contributed by atoms with Crippen LogP contribution in [0.3, 0.4) is 0 Å². The number of carbonyl (C=O) groups is 2. The van der Waals surface area contributed by atoms with Gasteiger partial charge in [-0.15, -0.1) is 0 Å². The van der Waals surface area contributed by atoms with Crippen molar-refractivity contribution in [2.45, 2.75) is 32.4 Å². The topological polar surface area (TPSA) is 93.1 Å². The first kappa shape index (κ1) is 20.5. The van der Waals surface area contributed by atoms with Crippen molar-refractivity contribution in [1.82, 2.24) is 4.90 Å². The molecular weight excluding hydrogens is 398 g/mol. The van der Waals surface area contributed by atoms with E-state index in [9.17, 15) is 14.7 Å². The van der Waals surface area contributed by atoms with Gasteiger partial charge >= 0.3 is 0 Å². The van der Waals surface area contributed by atoms with Crippen molar-refractivity contribution in [2.24, 2.45) is 0 Å². The number of furan rings is 2. The molecule has 3 aromatic rings. The van der Waals surface area contributed by atoms with Gasteiger partial charge in [-0.05, 0) is 42.8 Å². The highest BCUT2D eigenvalue weighted by Crippen LogP contribution is 2.40. The summed E-state index contributed by atoms with van der Waals surface area (Å²) in [6.07, 6.45) is 4.87. The molecule has 3 heterocycles. The van der Waals surface area contributed by atoms with E-state index in [1.807, 2.05) is 0 Å². The van der Waals surface area contributed by atoms with Gasteiger partial charge in [0.1, 0.15) is 29.1 Å². The number of aliphatic hydroxyl groups is 1. The Morgan fingerprint density at radius 3 is 2.61 bits per heavy atom. The fraction of sp³-hybridized carbons (Fsp3) is 0.250. The van der Waals surface area contributed by atoms with Gasteiger partial charge in [-0.1, -0.05) is 25.5 Å². The largest absolute Gasteiger partial charge is 0.507 e. The number of ketones is 1. The lowest BCUT2D eigenvalue weighted by atomic mass is 9.99. The Morgan fingerprint density at radius 2 is 1.90 bits per heavy atom. The Balaban J connectivity index is 1.74. The third-order valence-corrected chi connectivity index (χ3v) is 5.13. The van der Waals surface area contributed by atoms with Crippen molar-refractivity contribution < 1.29 is 28.3 Å². The van der Waals surface area contributed by atoms with Crippen LogP contribution in [0.4, 0.5) is 0 Å². The van der Waals surface area contributed by atoms with E-state index in [0.29, 0.717) is 29.4 Å². The van der Waals surface area contributed by atoms with E-state index < -0.39 is 17.7 Å². The molecule has 0 aliphatic carbocycles. The van der Waals surface area contributed by atoms with Gasteiger partial charge in [0.2, 0.25) is 0 Å². The van der Waals surface area contributed by atoms with Crippen LogP contribution in [0.2, 0.25) is 0 Å². The number of hydrogen-bond donors (Lipinski definition) is 1. The molecule has 1 unspecified atom stereocenters. The van der Waals surface area contributed by atoms with Gasteiger partial charge in [0.15, 0.2) is 0 Å². The van der Waals surface area contributed by atoms with E-state index in [0.717, 1.165) is 12.8 Å². The van der Waals surface area contributed by atoms with Crippen molar-refractivity contribution in [3.63, 3.8) is 0 Å². The van der Waals surface area contributed by atoms with E-state index in [4.69, 9.17) is 13.6 Å². The van der Waals surface area contributed by atoms with Crippen molar-refractivity contribution >= 4 is 17.4 Å². The quantitative estimate of drug-likeness (QED) is 0.246. The maximum atomic E-state index is 12.9. The highest BCUT2D eigenvalue weighted by atomic mass is 16.5. The number of carbonyl (C=O) groups excluding carboxylic acids is 2. The van der Waals surface area contributed by atoms with Crippen molar-refractivity contribution in [3.8, 4) is 5.75 Å². The summed E-state index contributed by atoms with van der Waals surface area (Å²) in [6, 6.07) is 12.7. The number of Topliss-reactive ketones (excluding diaryl/α,β-unsaturated/α-hetero) is 1. The molecule has 7 heteroatoms. The Bertz CT molecular complexity index is 1080. The molecule has 0 bridgehead atoms. The van der Waals surface area contributed by atoms with Crippen LogP contribution in [-0.2, 0) is 16.1 Å². The van der Waals surface area contributed by atoms with Gasteiger partial charge < -0.3 is 23.6 Å². The van der Waals surface area contributed by atoms with E-state index in [1.165, 1.54) is 17.4 Å². The summed E-state index contributed by atoms with van der Waals surface area (Å²) < 4.78 is 16.6. The summed E-state index contributed by atoms with van der Waals surface area (Å²) in [7, 11) is 0. The number of hydrogen-bond acceptors (Lipinski definition) is 6. The molecule has 1 aliphatic rings. The van der Waals surface area contributed by atoms with Crippen LogP contribution in [0, 0.1) is 0 Å². The van der Waals surface area contributed by atoms with Crippen LogP contribution in [0.5, 0.6) is 5.75 Å². The SMILES string of the molecule is CCCCOc1cccc(/C(O)=C2\C(=O)C(=O)N(Cc3ccco3)C2c2ccco2)c1. The molecule has 1 atom stereocenters. The van der Waals surface area contributed by atoms with E-state index in [-0.39, 0.29) is 17.9 Å². The number of likely N-dealkylation sites (tertiary alicyclic amines) is 1. The maximum Gasteiger partial charge on any atom is 0.296 e. The normalized spacial score (nSPS) is 18.0. The Morgan fingerprint density at radius 1 is 1.10 bits per heavy atom. The fourth-order valence-corrected chi connectivity index (χ4v) is 3.58. The van der Waals surface area contributed by atoms with Gasteiger partial charge in [-0.3, -0.25) is 9.59 Å². The molecular formula is C24H23NO6. The molecule has 1 fully saturated rings. The average Bonchev–Trinajstić information content (AvgIpc) is 3.53. The summed E-state index contributed by atoms with van der Waals surface area (Å²) >= 11 is 0. The van der Waals surface area contributed by atoms with Crippen LogP contribution < -0.4 is 4.74 Å². The van der Waals surface area contributed by atoms with Gasteiger partial charge in [0.05, 0.1) is 31.3 Å². The lowest BCUT2D eigenvalue weighted by Gasteiger charge is -2.22. The number of ether oxygens (including phenoxy) is 1. The average molecular weight is 421 g/mol. The Labute approximate surface area is 179 Å². The van der Waals surface area contributed by atoms with Crippen LogP contribution in [0.25, 0.3) is 5.76 Å². The number of unbranched alkanes of at least 4 members (excludes halogenated alkanes) is 1. The Hall–Kier alpha value is -3.74. The molecule has 1 amide bonds. The minimum Gasteiger partial charge on any atom is -0.507 e. The molecule has 0 spiro atoms. The minimum atomic E-state index is -0.871. The summed E-state index contributed by atoms with van der Waals surface area (Å²) in [5, 5.41) is 11.1. The van der Waals surface area contributed by atoms with Crippen LogP contribution in [0.1, 0.15) is 42.9 Å². The summed E-state index contributed by atoms with van der Waals surface area (Å²) in [5.41, 5.74) is 0.360. The molecule has 31 heavy (non-hydrogen) atoms. The highest BCUT2D eigenvalue weighted by molar-refractivity contribution is 6.46. The number of rotatable bonds is 8. The smallest absolute Gasteiger partial charge is 0.296 e. The monoisotopic (exact) mass is 421 g/mol. The van der Waals surface area contributed by atoms with Gasteiger partial charge in [0.25, 0.3) is 11.7 Å². The first-order chi connectivity index (χ1) is 15.1. The maximum absolute atomic E-state index is 12.9. The van der Waals surface area contributed by atoms with E-state index in [1.54, 1.807) is 48.5 Å². The predicted octanol–water partition coefficient (Wildman–Crippen LogP) is 4.67. The number of nitrogens with zero attached hydrogens (tertiary/aromatic N) is 1. The zero-order chi connectivity index (χ0) is 21.8. The molecule has 0 radical (unpaired) electrons. The molecule has 2 aromatic heterocycles. The number of aliphatic hydroxyl groups excluding tert-OH is 1. The zero-order valence-corrected chi connectivity index (χ0v) is 17.1. The van der Waals surface area contributed by atoms with Crippen molar-refractivity contribution in [3.05, 3.63) is 83.7 Å². The number of amides is 1. The van der Waals surface area contributed by atoms with Gasteiger partial charge in [-0.25, -0.2) is 0 Å². The molecule has 7 nitrogen and oxygen atoms in total. The molecule has 0 saturated carbocycles. The summed E-state index contributed by atoms with van der Waals surface area (Å²) in [4.78, 5) is 27.1. The third kappa shape index (κ3) is 4.12. The van der Waals surface area contributed by atoms with E-state index in [2.05, 4.69) is 6.92 Å².